The number of hydrogen-bond donors (Lipinski definition) is 0. The molecule has 0 fully saturated rings. The van der Waals surface area contributed by atoms with Gasteiger partial charge in [0.1, 0.15) is 5.69 Å². The smallest absolute Gasteiger partial charge is 0.355 e. The highest BCUT2D eigenvalue weighted by Crippen LogP contribution is 2.28. The summed E-state index contributed by atoms with van der Waals surface area (Å²) < 4.78 is 6.42. The summed E-state index contributed by atoms with van der Waals surface area (Å²) in [7, 11) is 3.06. The van der Waals surface area contributed by atoms with E-state index in [-0.39, 0.29) is 0 Å². The highest BCUT2D eigenvalue weighted by Gasteiger charge is 2.21. The first-order chi connectivity index (χ1) is 8.63. The Balaban J connectivity index is 2.82. The molecule has 0 spiro atoms. The first-order valence-electron chi connectivity index (χ1n) is 5.34. The minimum absolute atomic E-state index is 0.292. The van der Waals surface area contributed by atoms with Crippen LogP contribution in [0.4, 0.5) is 0 Å². The summed E-state index contributed by atoms with van der Waals surface area (Å²) >= 11 is 1.61. The van der Waals surface area contributed by atoms with Gasteiger partial charge in [0.05, 0.1) is 18.2 Å². The molecule has 0 aliphatic carbocycles. The summed E-state index contributed by atoms with van der Waals surface area (Å²) in [4.78, 5) is 24.0. The molecule has 0 unspecified atom stereocenters. The molecule has 0 radical (unpaired) electrons. The fraction of sp³-hybridized carbons (Fsp3) is 0.231. The Labute approximate surface area is 109 Å². The zero-order valence-electron chi connectivity index (χ0n) is 10.4. The molecule has 0 aliphatic heterocycles. The van der Waals surface area contributed by atoms with E-state index in [1.54, 1.807) is 23.4 Å². The van der Waals surface area contributed by atoms with Crippen molar-refractivity contribution in [1.82, 2.24) is 4.57 Å². The number of nitrogens with zero attached hydrogens (tertiary/aromatic N) is 1. The number of fused-ring (bicyclic) bond motifs is 1. The first-order valence-corrected chi connectivity index (χ1v) is 6.56. The van der Waals surface area contributed by atoms with Gasteiger partial charge in [-0.05, 0) is 18.4 Å². The Morgan fingerprint density at radius 1 is 1.44 bits per heavy atom. The van der Waals surface area contributed by atoms with Crippen molar-refractivity contribution in [3.8, 4) is 0 Å². The second kappa shape index (κ2) is 4.86. The molecule has 4 nitrogen and oxygen atoms in total. The molecule has 5 heteroatoms. The average molecular weight is 263 g/mol. The van der Waals surface area contributed by atoms with Crippen LogP contribution >= 0.6 is 11.8 Å². The molecule has 0 saturated heterocycles. The number of aldehydes is 1. The van der Waals surface area contributed by atoms with Crippen molar-refractivity contribution >= 4 is 34.9 Å². The topological polar surface area (TPSA) is 48.3 Å². The number of benzene rings is 1. The van der Waals surface area contributed by atoms with E-state index in [4.69, 9.17) is 4.74 Å². The number of ether oxygens (including phenoxy) is 1. The molecule has 1 aromatic carbocycles. The third-order valence-electron chi connectivity index (χ3n) is 2.94. The molecule has 2 rings (SSSR count). The Kier molecular flexibility index (Phi) is 3.43. The van der Waals surface area contributed by atoms with Crippen molar-refractivity contribution in [2.24, 2.45) is 7.05 Å². The number of aryl methyl sites for hydroxylation is 1. The van der Waals surface area contributed by atoms with Gasteiger partial charge in [0.25, 0.3) is 0 Å². The molecule has 1 aromatic heterocycles. The number of thioether (sulfide) groups is 1. The number of esters is 1. The molecular weight excluding hydrogens is 250 g/mol. The van der Waals surface area contributed by atoms with Crippen LogP contribution in [-0.2, 0) is 11.8 Å². The van der Waals surface area contributed by atoms with Crippen LogP contribution in [0.2, 0.25) is 0 Å². The minimum Gasteiger partial charge on any atom is -0.464 e. The quantitative estimate of drug-likeness (QED) is 0.485. The Morgan fingerprint density at radius 2 is 2.17 bits per heavy atom. The zero-order chi connectivity index (χ0) is 13.3. The van der Waals surface area contributed by atoms with E-state index < -0.39 is 5.97 Å². The Bertz CT molecular complexity index is 631. The normalized spacial score (nSPS) is 10.6. The second-order valence-corrected chi connectivity index (χ2v) is 4.69. The van der Waals surface area contributed by atoms with Gasteiger partial charge in [-0.3, -0.25) is 4.79 Å². The van der Waals surface area contributed by atoms with Crippen molar-refractivity contribution in [3.63, 3.8) is 0 Å². The highest BCUT2D eigenvalue weighted by molar-refractivity contribution is 7.98. The number of carbonyl (C=O) groups is 2. The van der Waals surface area contributed by atoms with Crippen LogP contribution in [0.25, 0.3) is 10.9 Å². The predicted octanol–water partition coefficient (Wildman–Crippen LogP) is 2.50. The van der Waals surface area contributed by atoms with E-state index in [1.807, 2.05) is 24.5 Å². The lowest BCUT2D eigenvalue weighted by atomic mass is 10.1. The minimum atomic E-state index is -0.499. The molecule has 2 aromatic rings. The molecule has 1 heterocycles. The summed E-state index contributed by atoms with van der Waals surface area (Å²) in [6.07, 6.45) is 2.68. The predicted molar refractivity (Wildman–Crippen MR) is 71.4 cm³/mol. The van der Waals surface area contributed by atoms with E-state index in [2.05, 4.69) is 0 Å². The van der Waals surface area contributed by atoms with Gasteiger partial charge in [-0.1, -0.05) is 6.07 Å². The summed E-state index contributed by atoms with van der Waals surface area (Å²) in [5.74, 6) is -0.499. The maximum absolute atomic E-state index is 11.7. The third-order valence-corrected chi connectivity index (χ3v) is 3.67. The lowest BCUT2D eigenvalue weighted by molar-refractivity contribution is 0.0588. The number of rotatable bonds is 3. The fourth-order valence-corrected chi connectivity index (χ4v) is 2.47. The van der Waals surface area contributed by atoms with Gasteiger partial charge >= 0.3 is 5.97 Å². The van der Waals surface area contributed by atoms with Crippen molar-refractivity contribution in [2.75, 3.05) is 13.4 Å². The first kappa shape index (κ1) is 12.7. The Morgan fingerprint density at radius 3 is 2.72 bits per heavy atom. The van der Waals surface area contributed by atoms with Crippen molar-refractivity contribution in [3.05, 3.63) is 29.5 Å². The van der Waals surface area contributed by atoms with E-state index >= 15 is 0 Å². The maximum Gasteiger partial charge on any atom is 0.355 e. The SMILES string of the molecule is COC(=O)c1c(C=O)c2ccc(SC)cc2n1C. The molecule has 94 valence electrons. The lowest BCUT2D eigenvalue weighted by Crippen LogP contribution is -2.09. The molecular formula is C13H13NO3S. The highest BCUT2D eigenvalue weighted by atomic mass is 32.2. The zero-order valence-corrected chi connectivity index (χ0v) is 11.2. The van der Waals surface area contributed by atoms with Crippen LogP contribution in [0.3, 0.4) is 0 Å². The van der Waals surface area contributed by atoms with Crippen molar-refractivity contribution < 1.29 is 14.3 Å². The molecule has 0 amide bonds. The lowest BCUT2D eigenvalue weighted by Gasteiger charge is -2.02. The summed E-state index contributed by atoms with van der Waals surface area (Å²) in [6, 6.07) is 5.75. The van der Waals surface area contributed by atoms with Crippen LogP contribution in [0.15, 0.2) is 23.1 Å². The van der Waals surface area contributed by atoms with Gasteiger partial charge in [-0.15, -0.1) is 11.8 Å². The number of carbonyl (C=O) groups excluding carboxylic acids is 2. The molecule has 0 N–H and O–H groups in total. The molecule has 0 bridgehead atoms. The number of hydrogen-bond acceptors (Lipinski definition) is 4. The molecule has 18 heavy (non-hydrogen) atoms. The van der Waals surface area contributed by atoms with Crippen LogP contribution in [0, 0.1) is 0 Å². The van der Waals surface area contributed by atoms with Gasteiger partial charge in [0.2, 0.25) is 0 Å². The molecule has 0 saturated carbocycles. The summed E-state index contributed by atoms with van der Waals surface area (Å²) in [5, 5.41) is 0.769. The van der Waals surface area contributed by atoms with Crippen LogP contribution < -0.4 is 0 Å². The van der Waals surface area contributed by atoms with Gasteiger partial charge in [-0.2, -0.15) is 0 Å². The summed E-state index contributed by atoms with van der Waals surface area (Å²) in [6.45, 7) is 0. The van der Waals surface area contributed by atoms with E-state index in [9.17, 15) is 9.59 Å². The van der Waals surface area contributed by atoms with E-state index in [0.29, 0.717) is 17.5 Å². The van der Waals surface area contributed by atoms with Gasteiger partial charge in [0, 0.05) is 17.3 Å². The molecule has 0 atom stereocenters. The van der Waals surface area contributed by atoms with Crippen LogP contribution in [-0.4, -0.2) is 30.2 Å². The third kappa shape index (κ3) is 1.80. The van der Waals surface area contributed by atoms with Crippen molar-refractivity contribution in [1.29, 1.82) is 0 Å². The van der Waals surface area contributed by atoms with Gasteiger partial charge in [-0.25, -0.2) is 4.79 Å². The standard InChI is InChI=1S/C13H13NO3S/c1-14-11-6-8(18-3)4-5-9(11)10(7-15)12(14)13(16)17-2/h4-7H,1-3H3. The van der Waals surface area contributed by atoms with E-state index in [1.165, 1.54) is 7.11 Å². The average Bonchev–Trinajstić information content (AvgIpc) is 2.70. The van der Waals surface area contributed by atoms with Gasteiger partial charge in [0.15, 0.2) is 6.29 Å². The van der Waals surface area contributed by atoms with Gasteiger partial charge < -0.3 is 9.30 Å². The number of methoxy groups -OCH3 is 1. The van der Waals surface area contributed by atoms with Crippen LogP contribution in [0.5, 0.6) is 0 Å². The maximum atomic E-state index is 11.7. The fourth-order valence-electron chi connectivity index (χ4n) is 2.04. The monoisotopic (exact) mass is 263 g/mol. The van der Waals surface area contributed by atoms with Crippen LogP contribution in [0.1, 0.15) is 20.8 Å². The second-order valence-electron chi connectivity index (χ2n) is 3.81. The largest absolute Gasteiger partial charge is 0.464 e. The van der Waals surface area contributed by atoms with Crippen molar-refractivity contribution in [2.45, 2.75) is 4.90 Å². The summed E-state index contributed by atoms with van der Waals surface area (Å²) in [5.41, 5.74) is 1.53. The van der Waals surface area contributed by atoms with E-state index in [0.717, 1.165) is 15.8 Å². The Hall–Kier alpha value is -1.75. The molecule has 0 aliphatic rings. The number of aromatic nitrogens is 1.